The molecule has 0 aromatic carbocycles. The minimum atomic E-state index is 0.929. The minimum Gasteiger partial charge on any atom is -0.334 e. The van der Waals surface area contributed by atoms with E-state index >= 15 is 0 Å². The van der Waals surface area contributed by atoms with Crippen molar-refractivity contribution in [1.82, 2.24) is 19.3 Å². The summed E-state index contributed by atoms with van der Waals surface area (Å²) in [6.07, 6.45) is 8.10. The highest BCUT2D eigenvalue weighted by Crippen LogP contribution is 2.09. The fourth-order valence-electron chi connectivity index (χ4n) is 2.37. The molecule has 2 rings (SSSR count). The van der Waals surface area contributed by atoms with Crippen LogP contribution in [-0.2, 0) is 13.6 Å². The number of rotatable bonds is 7. The van der Waals surface area contributed by atoms with Crippen LogP contribution in [0.2, 0.25) is 0 Å². The zero-order chi connectivity index (χ0) is 14.5. The van der Waals surface area contributed by atoms with Gasteiger partial charge in [-0.2, -0.15) is 5.10 Å². The molecule has 0 amide bonds. The van der Waals surface area contributed by atoms with Gasteiger partial charge in [-0.05, 0) is 39.2 Å². The van der Waals surface area contributed by atoms with E-state index in [1.54, 1.807) is 6.20 Å². The molecule has 108 valence electrons. The molecule has 2 aromatic heterocycles. The average molecular weight is 290 g/mol. The lowest BCUT2D eigenvalue weighted by Crippen LogP contribution is -2.06. The standard InChI is InChI=1S/C15H22N4S/c1-12-11-13(2)19(17-12)9-6-4-5-7-14(20)15-16-8-10-18(15)3/h8,10-11H,4-7,9H2,1-3H3. The van der Waals surface area contributed by atoms with Crippen LogP contribution in [0.15, 0.2) is 18.5 Å². The molecule has 4 nitrogen and oxygen atoms in total. The third-order valence-electron chi connectivity index (χ3n) is 3.45. The van der Waals surface area contributed by atoms with Gasteiger partial charge < -0.3 is 4.57 Å². The van der Waals surface area contributed by atoms with Gasteiger partial charge in [-0.25, -0.2) is 4.98 Å². The second-order valence-corrected chi connectivity index (χ2v) is 5.74. The largest absolute Gasteiger partial charge is 0.334 e. The van der Waals surface area contributed by atoms with Crippen molar-refractivity contribution in [3.63, 3.8) is 0 Å². The second kappa shape index (κ2) is 6.79. The molecule has 5 heteroatoms. The molecule has 0 unspecified atom stereocenters. The minimum absolute atomic E-state index is 0.929. The van der Waals surface area contributed by atoms with Crippen LogP contribution in [0, 0.1) is 13.8 Å². The van der Waals surface area contributed by atoms with E-state index in [-0.39, 0.29) is 0 Å². The van der Waals surface area contributed by atoms with Crippen molar-refractivity contribution in [3.8, 4) is 0 Å². The molecule has 0 saturated heterocycles. The van der Waals surface area contributed by atoms with Gasteiger partial charge in [-0.3, -0.25) is 4.68 Å². The predicted octanol–water partition coefficient (Wildman–Crippen LogP) is 3.21. The van der Waals surface area contributed by atoms with E-state index in [4.69, 9.17) is 12.2 Å². The Morgan fingerprint density at radius 3 is 2.65 bits per heavy atom. The normalized spacial score (nSPS) is 10.9. The Balaban J connectivity index is 1.68. The van der Waals surface area contributed by atoms with E-state index in [9.17, 15) is 0 Å². The summed E-state index contributed by atoms with van der Waals surface area (Å²) in [4.78, 5) is 5.25. The van der Waals surface area contributed by atoms with Crippen LogP contribution < -0.4 is 0 Å². The quantitative estimate of drug-likeness (QED) is 0.446. The van der Waals surface area contributed by atoms with Gasteiger partial charge in [0.1, 0.15) is 5.82 Å². The van der Waals surface area contributed by atoms with Gasteiger partial charge in [-0.1, -0.05) is 18.6 Å². The average Bonchev–Trinajstić information content (AvgIpc) is 2.95. The molecule has 0 fully saturated rings. The van der Waals surface area contributed by atoms with Crippen LogP contribution in [0.5, 0.6) is 0 Å². The van der Waals surface area contributed by atoms with Gasteiger partial charge in [0.15, 0.2) is 0 Å². The van der Waals surface area contributed by atoms with Crippen LogP contribution >= 0.6 is 12.2 Å². The fourth-order valence-corrected chi connectivity index (χ4v) is 2.71. The Morgan fingerprint density at radius 1 is 1.25 bits per heavy atom. The zero-order valence-electron chi connectivity index (χ0n) is 12.5. The van der Waals surface area contributed by atoms with E-state index in [2.05, 4.69) is 27.8 Å². The Kier molecular flexibility index (Phi) is 5.06. The number of imidazole rings is 1. The summed E-state index contributed by atoms with van der Waals surface area (Å²) in [6.45, 7) is 5.14. The first-order valence-electron chi connectivity index (χ1n) is 7.09. The topological polar surface area (TPSA) is 35.6 Å². The number of thiocarbonyl (C=S) groups is 1. The molecular formula is C15H22N4S. The Bertz CT molecular complexity index is 582. The third-order valence-corrected chi connectivity index (χ3v) is 3.83. The number of unbranched alkanes of at least 4 members (excludes halogenated alkanes) is 2. The lowest BCUT2D eigenvalue weighted by Gasteiger charge is -2.06. The van der Waals surface area contributed by atoms with Gasteiger partial charge in [0.05, 0.1) is 10.6 Å². The molecule has 20 heavy (non-hydrogen) atoms. The maximum atomic E-state index is 5.43. The second-order valence-electron chi connectivity index (χ2n) is 5.25. The first kappa shape index (κ1) is 14.9. The zero-order valence-corrected chi connectivity index (χ0v) is 13.3. The molecular weight excluding hydrogens is 268 g/mol. The van der Waals surface area contributed by atoms with E-state index in [0.717, 1.165) is 42.2 Å². The predicted molar refractivity (Wildman–Crippen MR) is 85.1 cm³/mol. The van der Waals surface area contributed by atoms with Crippen molar-refractivity contribution in [2.45, 2.75) is 46.1 Å². The fraction of sp³-hybridized carbons (Fsp3) is 0.533. The van der Waals surface area contributed by atoms with Crippen molar-refractivity contribution in [2.24, 2.45) is 7.05 Å². The summed E-state index contributed by atoms with van der Waals surface area (Å²) in [5.41, 5.74) is 2.34. The molecule has 2 heterocycles. The molecule has 0 aliphatic heterocycles. The van der Waals surface area contributed by atoms with Crippen molar-refractivity contribution in [1.29, 1.82) is 0 Å². The SMILES string of the molecule is Cc1cc(C)n(CCCCCC(=S)c2nccn2C)n1. The lowest BCUT2D eigenvalue weighted by atomic mass is 10.1. The van der Waals surface area contributed by atoms with Crippen molar-refractivity contribution in [3.05, 3.63) is 35.7 Å². The van der Waals surface area contributed by atoms with Crippen molar-refractivity contribution in [2.75, 3.05) is 0 Å². The van der Waals surface area contributed by atoms with E-state index < -0.39 is 0 Å². The maximum Gasteiger partial charge on any atom is 0.146 e. The highest BCUT2D eigenvalue weighted by atomic mass is 32.1. The first-order valence-corrected chi connectivity index (χ1v) is 7.50. The maximum absolute atomic E-state index is 5.43. The van der Waals surface area contributed by atoms with E-state index in [1.807, 2.05) is 24.7 Å². The molecule has 0 aliphatic carbocycles. The smallest absolute Gasteiger partial charge is 0.146 e. The van der Waals surface area contributed by atoms with Crippen LogP contribution in [0.1, 0.15) is 42.9 Å². The Hall–Kier alpha value is -1.49. The lowest BCUT2D eigenvalue weighted by molar-refractivity contribution is 0.536. The van der Waals surface area contributed by atoms with Gasteiger partial charge in [0.25, 0.3) is 0 Å². The summed E-state index contributed by atoms with van der Waals surface area (Å²) < 4.78 is 4.07. The van der Waals surface area contributed by atoms with Crippen molar-refractivity contribution >= 4 is 17.1 Å². The van der Waals surface area contributed by atoms with Crippen LogP contribution in [0.4, 0.5) is 0 Å². The summed E-state index contributed by atoms with van der Waals surface area (Å²) in [5.74, 6) is 0.929. The number of nitrogens with zero attached hydrogens (tertiary/aromatic N) is 4. The van der Waals surface area contributed by atoms with Crippen LogP contribution in [-0.4, -0.2) is 24.2 Å². The monoisotopic (exact) mass is 290 g/mol. The highest BCUT2D eigenvalue weighted by Gasteiger charge is 2.06. The summed E-state index contributed by atoms with van der Waals surface area (Å²) in [5, 5.41) is 4.47. The number of aryl methyl sites for hydroxylation is 4. The molecule has 0 aliphatic rings. The molecule has 0 radical (unpaired) electrons. The van der Waals surface area contributed by atoms with Gasteiger partial charge in [0, 0.05) is 31.7 Å². The molecule has 0 N–H and O–H groups in total. The molecule has 0 spiro atoms. The Morgan fingerprint density at radius 2 is 2.05 bits per heavy atom. The molecule has 0 saturated carbocycles. The number of hydrogen-bond acceptors (Lipinski definition) is 3. The number of aromatic nitrogens is 4. The highest BCUT2D eigenvalue weighted by molar-refractivity contribution is 7.80. The van der Waals surface area contributed by atoms with E-state index in [0.29, 0.717) is 0 Å². The molecule has 2 aromatic rings. The van der Waals surface area contributed by atoms with Crippen LogP contribution in [0.25, 0.3) is 0 Å². The Labute approximate surface area is 125 Å². The summed E-state index contributed by atoms with van der Waals surface area (Å²) in [6, 6.07) is 2.12. The first-order chi connectivity index (χ1) is 9.58. The molecule has 0 bridgehead atoms. The van der Waals surface area contributed by atoms with Gasteiger partial charge in [-0.15, -0.1) is 0 Å². The van der Waals surface area contributed by atoms with Gasteiger partial charge >= 0.3 is 0 Å². The number of hydrogen-bond donors (Lipinski definition) is 0. The van der Waals surface area contributed by atoms with E-state index in [1.165, 1.54) is 12.1 Å². The van der Waals surface area contributed by atoms with Gasteiger partial charge in [0.2, 0.25) is 0 Å². The van der Waals surface area contributed by atoms with Crippen molar-refractivity contribution < 1.29 is 0 Å². The third kappa shape index (κ3) is 3.76. The summed E-state index contributed by atoms with van der Waals surface area (Å²) >= 11 is 5.43. The van der Waals surface area contributed by atoms with Crippen LogP contribution in [0.3, 0.4) is 0 Å². The summed E-state index contributed by atoms with van der Waals surface area (Å²) in [7, 11) is 1.98. The molecule has 0 atom stereocenters.